The Labute approximate surface area is 200 Å². The molecule has 2 aromatic heterocycles. The van der Waals surface area contributed by atoms with Gasteiger partial charge in [0.15, 0.2) is 29.4 Å². The van der Waals surface area contributed by atoms with Crippen molar-refractivity contribution in [2.24, 2.45) is 0 Å². The zero-order valence-electron chi connectivity index (χ0n) is 17.9. The van der Waals surface area contributed by atoms with Crippen LogP contribution in [0.15, 0.2) is 6.33 Å². The van der Waals surface area contributed by atoms with Crippen LogP contribution >= 0.6 is 15.6 Å². The van der Waals surface area contributed by atoms with Crippen LogP contribution in [0.2, 0.25) is 0 Å². The first-order valence-electron chi connectivity index (χ1n) is 10.3. The largest absolute Gasteiger partial charge is 0.481 e. The van der Waals surface area contributed by atoms with Crippen molar-refractivity contribution in [1.29, 1.82) is 0 Å². The maximum atomic E-state index is 12.2. The number of aliphatic hydroxyl groups excluding tert-OH is 4. The molecule has 10 atom stereocenters. The van der Waals surface area contributed by atoms with Gasteiger partial charge in [0, 0.05) is 0 Å². The number of ether oxygens (including phenoxy) is 2. The molecule has 36 heavy (non-hydrogen) atoms. The highest BCUT2D eigenvalue weighted by Gasteiger charge is 2.48. The standard InChI is InChI=1S/C15H22N6O13P2/c16-15-19-6-11-17-3-18-12(6)21(15)14-10(25)8(23)5(33-14)2-31-36(28,29)34-35(26,27)30-1-4-7(22)9(24)13(20-11)32-4/h3-5,7-10,13-14,22-25H,1-2H2,(H2,16,19)(H,26,27)(H,28,29)(H,17,18,20)/t4-,5-,7-,8-,9-,10-,13+,14-/m1/s1. The van der Waals surface area contributed by atoms with Crippen LogP contribution in [0.3, 0.4) is 0 Å². The Morgan fingerprint density at radius 2 is 1.56 bits per heavy atom. The fraction of sp³-hybridized carbons (Fsp3) is 0.667. The topological polar surface area (TPSA) is 283 Å². The van der Waals surface area contributed by atoms with Gasteiger partial charge >= 0.3 is 15.6 Å². The van der Waals surface area contributed by atoms with Gasteiger partial charge in [-0.15, -0.1) is 0 Å². The highest BCUT2D eigenvalue weighted by Crippen LogP contribution is 2.60. The van der Waals surface area contributed by atoms with Crippen LogP contribution in [0.1, 0.15) is 6.23 Å². The summed E-state index contributed by atoms with van der Waals surface area (Å²) in [7, 11) is -10.5. The second-order valence-corrected chi connectivity index (χ2v) is 11.2. The summed E-state index contributed by atoms with van der Waals surface area (Å²) in [4.78, 5) is 31.9. The number of imidazole rings is 1. The smallest absolute Gasteiger partial charge is 0.387 e. The highest BCUT2D eigenvalue weighted by atomic mass is 31.3. The molecule has 2 aromatic rings. The number of fused-ring (bicyclic) bond motifs is 5. The second-order valence-electron chi connectivity index (χ2n) is 8.11. The lowest BCUT2D eigenvalue weighted by Gasteiger charge is -2.21. The summed E-state index contributed by atoms with van der Waals surface area (Å²) in [6.07, 6.45) is -10.9. The molecule has 2 fully saturated rings. The molecule has 200 valence electrons. The molecular formula is C15H22N6O13P2. The Kier molecular flexibility index (Phi) is 6.58. The molecule has 0 aromatic carbocycles. The third-order valence-electron chi connectivity index (χ3n) is 5.75. The van der Waals surface area contributed by atoms with E-state index in [0.29, 0.717) is 0 Å². The van der Waals surface area contributed by atoms with Crippen LogP contribution in [-0.4, -0.2) is 106 Å². The van der Waals surface area contributed by atoms with Gasteiger partial charge in [-0.2, -0.15) is 4.31 Å². The number of nitrogen functional groups attached to an aromatic ring is 1. The summed E-state index contributed by atoms with van der Waals surface area (Å²) in [6.45, 7) is -1.71. The number of hydrogen-bond acceptors (Lipinski definition) is 16. The summed E-state index contributed by atoms with van der Waals surface area (Å²) < 4.78 is 50.0. The van der Waals surface area contributed by atoms with E-state index in [1.807, 2.05) is 0 Å². The normalized spacial score (nSPS) is 43.8. The Balaban J connectivity index is 1.55. The first kappa shape index (κ1) is 25.8. The van der Waals surface area contributed by atoms with Gasteiger partial charge in [0.05, 0.1) is 13.2 Å². The van der Waals surface area contributed by atoms with Gasteiger partial charge in [0.25, 0.3) is 0 Å². The zero-order chi connectivity index (χ0) is 26.0. The fourth-order valence-electron chi connectivity index (χ4n) is 4.02. The van der Waals surface area contributed by atoms with E-state index in [9.17, 15) is 39.3 Å². The molecule has 8 bridgehead atoms. The molecule has 0 aliphatic carbocycles. The zero-order valence-corrected chi connectivity index (χ0v) is 19.7. The maximum Gasteiger partial charge on any atom is 0.481 e. The summed E-state index contributed by atoms with van der Waals surface area (Å²) in [5, 5.41) is 44.3. The number of phosphoric ester groups is 2. The molecule has 2 unspecified atom stereocenters. The molecule has 0 radical (unpaired) electrons. The van der Waals surface area contributed by atoms with Crippen molar-refractivity contribution >= 4 is 38.6 Å². The van der Waals surface area contributed by atoms with Gasteiger partial charge in [0.2, 0.25) is 5.95 Å². The third-order valence-corrected chi connectivity index (χ3v) is 8.35. The van der Waals surface area contributed by atoms with Crippen LogP contribution in [-0.2, 0) is 32.0 Å². The Hall–Kier alpha value is -1.83. The van der Waals surface area contributed by atoms with E-state index in [2.05, 4.69) is 33.6 Å². The predicted molar refractivity (Wildman–Crippen MR) is 113 cm³/mol. The Morgan fingerprint density at radius 1 is 0.944 bits per heavy atom. The predicted octanol–water partition coefficient (Wildman–Crippen LogP) is -2.85. The molecule has 0 amide bonds. The first-order valence-corrected chi connectivity index (χ1v) is 13.3. The molecule has 2 saturated heterocycles. The SMILES string of the molecule is Nc1nc2c3ncnc2n1[C@@H]1O[C@H](COP(=O)(O)OP(=O)(O)OC[C@H]2O[C@H](N3)[C@H](O)[C@@H]2O)[C@@H](O)[C@H]1O. The van der Waals surface area contributed by atoms with Crippen LogP contribution in [0.4, 0.5) is 11.8 Å². The minimum atomic E-state index is -5.27. The Bertz CT molecular complexity index is 1250. The number of nitrogens with two attached hydrogens (primary N) is 1. The van der Waals surface area contributed by atoms with Crippen LogP contribution in [0.25, 0.3) is 11.2 Å². The summed E-state index contributed by atoms with van der Waals surface area (Å²) in [6, 6.07) is 0. The van der Waals surface area contributed by atoms with E-state index in [0.717, 1.165) is 10.9 Å². The number of rotatable bonds is 0. The molecule has 21 heteroatoms. The lowest BCUT2D eigenvalue weighted by Crippen LogP contribution is -2.37. The van der Waals surface area contributed by atoms with Crippen molar-refractivity contribution in [2.75, 3.05) is 24.3 Å². The number of nitrogens with one attached hydrogen (secondary N) is 1. The van der Waals surface area contributed by atoms with Gasteiger partial charge in [-0.1, -0.05) is 0 Å². The van der Waals surface area contributed by atoms with E-state index in [1.165, 1.54) is 0 Å². The molecule has 5 heterocycles. The van der Waals surface area contributed by atoms with E-state index in [4.69, 9.17) is 15.2 Å². The summed E-state index contributed by atoms with van der Waals surface area (Å²) >= 11 is 0. The molecule has 19 nitrogen and oxygen atoms in total. The maximum absolute atomic E-state index is 12.2. The lowest BCUT2D eigenvalue weighted by atomic mass is 10.1. The van der Waals surface area contributed by atoms with E-state index in [-0.39, 0.29) is 22.9 Å². The first-order chi connectivity index (χ1) is 16.9. The Morgan fingerprint density at radius 3 is 2.22 bits per heavy atom. The number of anilines is 2. The van der Waals surface area contributed by atoms with Crippen molar-refractivity contribution in [3.05, 3.63) is 6.33 Å². The molecule has 3 aliphatic rings. The van der Waals surface area contributed by atoms with E-state index < -0.39 is 77.9 Å². The van der Waals surface area contributed by atoms with Crippen molar-refractivity contribution in [1.82, 2.24) is 19.5 Å². The molecule has 9 N–H and O–H groups in total. The molecule has 5 rings (SSSR count). The average Bonchev–Trinajstić information content (AvgIpc) is 3.37. The van der Waals surface area contributed by atoms with Gasteiger partial charge in [0.1, 0.15) is 43.0 Å². The van der Waals surface area contributed by atoms with E-state index >= 15 is 0 Å². The highest BCUT2D eigenvalue weighted by molar-refractivity contribution is 7.61. The van der Waals surface area contributed by atoms with Gasteiger partial charge in [-0.05, 0) is 0 Å². The van der Waals surface area contributed by atoms with Gasteiger partial charge in [-0.25, -0.2) is 24.1 Å². The molecule has 0 saturated carbocycles. The van der Waals surface area contributed by atoms with Gasteiger partial charge < -0.3 is 50.7 Å². The minimum absolute atomic E-state index is 0.00492. The monoisotopic (exact) mass is 556 g/mol. The average molecular weight is 556 g/mol. The fourth-order valence-corrected chi connectivity index (χ4v) is 6.11. The molecule has 3 aliphatic heterocycles. The minimum Gasteiger partial charge on any atom is -0.387 e. The van der Waals surface area contributed by atoms with E-state index in [1.54, 1.807) is 0 Å². The van der Waals surface area contributed by atoms with Crippen LogP contribution in [0, 0.1) is 0 Å². The van der Waals surface area contributed by atoms with Crippen molar-refractivity contribution in [3.63, 3.8) is 0 Å². The number of hydrogen-bond donors (Lipinski definition) is 8. The number of phosphoric acid groups is 2. The van der Waals surface area contributed by atoms with Crippen molar-refractivity contribution in [2.45, 2.75) is 49.1 Å². The molecule has 0 spiro atoms. The number of aromatic nitrogens is 4. The summed E-state index contributed by atoms with van der Waals surface area (Å²) in [5.41, 5.74) is 6.09. The number of nitrogens with zero attached hydrogens (tertiary/aromatic N) is 4. The number of aliphatic hydroxyl groups is 4. The van der Waals surface area contributed by atoms with Crippen molar-refractivity contribution < 1.29 is 62.2 Å². The molecular weight excluding hydrogens is 534 g/mol. The third kappa shape index (κ3) is 4.63. The lowest BCUT2D eigenvalue weighted by molar-refractivity contribution is -0.0497. The van der Waals surface area contributed by atoms with Crippen LogP contribution < -0.4 is 11.1 Å². The van der Waals surface area contributed by atoms with Crippen molar-refractivity contribution in [3.8, 4) is 0 Å². The second kappa shape index (κ2) is 9.17. The quantitative estimate of drug-likeness (QED) is 0.152. The summed E-state index contributed by atoms with van der Waals surface area (Å²) in [5.74, 6) is -0.226. The van der Waals surface area contributed by atoms with Crippen LogP contribution in [0.5, 0.6) is 0 Å². The van der Waals surface area contributed by atoms with Gasteiger partial charge in [-0.3, -0.25) is 13.6 Å².